The summed E-state index contributed by atoms with van der Waals surface area (Å²) in [5, 5.41) is 15.1. The van der Waals surface area contributed by atoms with Crippen LogP contribution in [-0.4, -0.2) is 48.0 Å². The highest BCUT2D eigenvalue weighted by molar-refractivity contribution is 5.87. The third-order valence-electron chi connectivity index (χ3n) is 6.18. The lowest BCUT2D eigenvalue weighted by Gasteiger charge is -2.37. The summed E-state index contributed by atoms with van der Waals surface area (Å²) in [4.78, 5) is 16.9. The quantitative estimate of drug-likeness (QED) is 0.829. The monoisotopic (exact) mass is 384 g/mol. The number of aromatic nitrogens is 1. The van der Waals surface area contributed by atoms with Crippen LogP contribution >= 0.6 is 0 Å². The fourth-order valence-corrected chi connectivity index (χ4v) is 4.26. The minimum Gasteiger partial charge on any atom is -0.490 e. The molecule has 4 rings (SSSR count). The molecule has 1 aromatic heterocycles. The van der Waals surface area contributed by atoms with Crippen molar-refractivity contribution in [2.75, 3.05) is 19.8 Å². The predicted molar refractivity (Wildman–Crippen MR) is 106 cm³/mol. The zero-order valence-corrected chi connectivity index (χ0v) is 16.1. The number of aliphatic hydroxyl groups is 1. The number of hydrogen-bond donors (Lipinski definition) is 2. The minimum absolute atomic E-state index is 0.0239. The van der Waals surface area contributed by atoms with E-state index < -0.39 is 5.41 Å². The topological polar surface area (TPSA) is 80.7 Å². The van der Waals surface area contributed by atoms with E-state index in [9.17, 15) is 9.90 Å². The van der Waals surface area contributed by atoms with E-state index in [1.54, 1.807) is 6.20 Å². The first-order valence-corrected chi connectivity index (χ1v) is 10.2. The molecule has 2 N–H and O–H groups in total. The van der Waals surface area contributed by atoms with Crippen molar-refractivity contribution < 1.29 is 19.4 Å². The summed E-state index contributed by atoms with van der Waals surface area (Å²) < 4.78 is 11.6. The summed E-state index contributed by atoms with van der Waals surface area (Å²) >= 11 is 0. The summed E-state index contributed by atoms with van der Waals surface area (Å²) in [5.74, 6) is 0.873. The minimum atomic E-state index is -0.678. The number of carbonyl (C=O) groups is 1. The molecule has 1 saturated carbocycles. The second kappa shape index (κ2) is 8.45. The Kier molecular flexibility index (Phi) is 5.78. The molecule has 0 atom stereocenters. The Morgan fingerprint density at radius 2 is 2.00 bits per heavy atom. The Morgan fingerprint density at radius 3 is 2.75 bits per heavy atom. The average Bonchev–Trinajstić information content (AvgIpc) is 2.76. The average molecular weight is 384 g/mol. The first kappa shape index (κ1) is 19.2. The molecular formula is C22H28N2O4. The molecule has 2 aliphatic rings. The molecule has 2 aromatic rings. The number of fused-ring (bicyclic) bond motifs is 1. The Hall–Kier alpha value is -2.18. The van der Waals surface area contributed by atoms with Gasteiger partial charge in [0.25, 0.3) is 0 Å². The van der Waals surface area contributed by atoms with Crippen molar-refractivity contribution in [1.29, 1.82) is 0 Å². The Morgan fingerprint density at radius 1 is 1.21 bits per heavy atom. The molecular weight excluding hydrogens is 356 g/mol. The van der Waals surface area contributed by atoms with Crippen LogP contribution in [0, 0.1) is 5.41 Å². The first-order valence-electron chi connectivity index (χ1n) is 10.2. The second-order valence-electron chi connectivity index (χ2n) is 7.97. The van der Waals surface area contributed by atoms with Gasteiger partial charge in [-0.25, -0.2) is 0 Å². The number of benzene rings is 1. The largest absolute Gasteiger partial charge is 0.490 e. The van der Waals surface area contributed by atoms with Gasteiger partial charge in [-0.1, -0.05) is 12.1 Å². The number of nitrogens with one attached hydrogen (secondary N) is 1. The molecule has 0 unspecified atom stereocenters. The third kappa shape index (κ3) is 3.98. The summed E-state index contributed by atoms with van der Waals surface area (Å²) in [7, 11) is 0. The van der Waals surface area contributed by atoms with Gasteiger partial charge in [0.15, 0.2) is 0 Å². The summed E-state index contributed by atoms with van der Waals surface area (Å²) in [6, 6.07) is 8.17. The van der Waals surface area contributed by atoms with Gasteiger partial charge in [0.2, 0.25) is 5.91 Å². The van der Waals surface area contributed by atoms with Crippen molar-refractivity contribution in [2.24, 2.45) is 5.41 Å². The molecule has 1 aromatic carbocycles. The van der Waals surface area contributed by atoms with Crippen molar-refractivity contribution in [3.8, 4) is 5.75 Å². The van der Waals surface area contributed by atoms with Crippen LogP contribution in [0.25, 0.3) is 10.8 Å². The predicted octanol–water partition coefficient (Wildman–Crippen LogP) is 2.83. The number of pyridine rings is 1. The number of hydrogen-bond acceptors (Lipinski definition) is 5. The van der Waals surface area contributed by atoms with Crippen molar-refractivity contribution in [2.45, 2.75) is 50.7 Å². The molecule has 0 bridgehead atoms. The molecule has 1 amide bonds. The van der Waals surface area contributed by atoms with Crippen molar-refractivity contribution >= 4 is 16.7 Å². The molecule has 2 heterocycles. The van der Waals surface area contributed by atoms with E-state index in [1.807, 2.05) is 30.5 Å². The maximum atomic E-state index is 12.8. The molecule has 1 aliphatic carbocycles. The zero-order valence-electron chi connectivity index (χ0n) is 16.1. The number of nitrogens with zero attached hydrogens (tertiary/aromatic N) is 1. The Bertz CT molecular complexity index is 806. The lowest BCUT2D eigenvalue weighted by Crippen LogP contribution is -2.51. The van der Waals surface area contributed by atoms with E-state index in [0.717, 1.165) is 42.2 Å². The van der Waals surface area contributed by atoms with E-state index >= 15 is 0 Å². The second-order valence-corrected chi connectivity index (χ2v) is 7.97. The Balaban J connectivity index is 1.32. The molecule has 6 nitrogen and oxygen atoms in total. The van der Waals surface area contributed by atoms with Gasteiger partial charge < -0.3 is 19.9 Å². The van der Waals surface area contributed by atoms with Gasteiger partial charge in [0.1, 0.15) is 5.75 Å². The van der Waals surface area contributed by atoms with Gasteiger partial charge >= 0.3 is 0 Å². The summed E-state index contributed by atoms with van der Waals surface area (Å²) in [6.45, 7) is 0.959. The van der Waals surface area contributed by atoms with Crippen molar-refractivity contribution in [3.63, 3.8) is 0 Å². The van der Waals surface area contributed by atoms with Crippen LogP contribution in [0.1, 0.15) is 38.5 Å². The smallest absolute Gasteiger partial charge is 0.228 e. The van der Waals surface area contributed by atoms with Crippen LogP contribution < -0.4 is 10.1 Å². The lowest BCUT2D eigenvalue weighted by atomic mass is 9.79. The third-order valence-corrected chi connectivity index (χ3v) is 6.18. The normalized spacial score (nSPS) is 24.6. The fraction of sp³-hybridized carbons (Fsp3) is 0.545. The molecule has 1 aliphatic heterocycles. The molecule has 28 heavy (non-hydrogen) atoms. The van der Waals surface area contributed by atoms with Crippen LogP contribution in [0.3, 0.4) is 0 Å². The maximum absolute atomic E-state index is 12.8. The molecule has 1 saturated heterocycles. The van der Waals surface area contributed by atoms with E-state index in [0.29, 0.717) is 26.1 Å². The molecule has 150 valence electrons. The number of ether oxygens (including phenoxy) is 2. The fourth-order valence-electron chi connectivity index (χ4n) is 4.26. The van der Waals surface area contributed by atoms with Crippen molar-refractivity contribution in [3.05, 3.63) is 36.7 Å². The molecule has 2 fully saturated rings. The van der Waals surface area contributed by atoms with Gasteiger partial charge in [-0.15, -0.1) is 0 Å². The van der Waals surface area contributed by atoms with E-state index in [1.165, 1.54) is 0 Å². The lowest BCUT2D eigenvalue weighted by molar-refractivity contribution is -0.141. The van der Waals surface area contributed by atoms with Crippen LogP contribution in [0.4, 0.5) is 0 Å². The van der Waals surface area contributed by atoms with Gasteiger partial charge in [-0.3, -0.25) is 9.78 Å². The molecule has 0 radical (unpaired) electrons. The first-order chi connectivity index (χ1) is 13.7. The van der Waals surface area contributed by atoms with Crippen LogP contribution in [0.2, 0.25) is 0 Å². The van der Waals surface area contributed by atoms with Crippen LogP contribution in [0.5, 0.6) is 5.75 Å². The summed E-state index contributed by atoms with van der Waals surface area (Å²) in [6.07, 6.45) is 8.55. The van der Waals surface area contributed by atoms with E-state index in [-0.39, 0.29) is 24.7 Å². The van der Waals surface area contributed by atoms with Gasteiger partial charge in [0, 0.05) is 42.4 Å². The highest BCUT2D eigenvalue weighted by Gasteiger charge is 2.40. The molecule has 6 heteroatoms. The number of rotatable bonds is 5. The number of amides is 1. The van der Waals surface area contributed by atoms with Gasteiger partial charge in [0.05, 0.1) is 18.1 Å². The van der Waals surface area contributed by atoms with E-state index in [2.05, 4.69) is 10.3 Å². The zero-order chi connectivity index (χ0) is 19.4. The standard InChI is InChI=1S/C22H28N2O4/c25-15-22(9-12-27-13-10-22)21(26)24-17-4-6-18(7-5-17)28-20-3-1-2-16-14-23-11-8-19(16)20/h1-3,8,11,14,17-18,25H,4-7,9-10,12-13,15H2,(H,24,26). The Labute approximate surface area is 165 Å². The van der Waals surface area contributed by atoms with Gasteiger partial charge in [-0.2, -0.15) is 0 Å². The van der Waals surface area contributed by atoms with Crippen LogP contribution in [-0.2, 0) is 9.53 Å². The summed E-state index contributed by atoms with van der Waals surface area (Å²) in [5.41, 5.74) is -0.678. The van der Waals surface area contributed by atoms with Gasteiger partial charge in [-0.05, 0) is 50.7 Å². The highest BCUT2D eigenvalue weighted by atomic mass is 16.5. The molecule has 0 spiro atoms. The number of carbonyl (C=O) groups excluding carboxylic acids is 1. The van der Waals surface area contributed by atoms with E-state index in [4.69, 9.17) is 9.47 Å². The van der Waals surface area contributed by atoms with Crippen LogP contribution in [0.15, 0.2) is 36.7 Å². The maximum Gasteiger partial charge on any atom is 0.228 e. The number of aliphatic hydroxyl groups excluding tert-OH is 1. The van der Waals surface area contributed by atoms with Crippen molar-refractivity contribution in [1.82, 2.24) is 10.3 Å². The SMILES string of the molecule is O=C(NC1CCC(Oc2cccc3cnccc23)CC1)C1(CO)CCOCC1. The highest BCUT2D eigenvalue weighted by Crippen LogP contribution is 2.32.